The van der Waals surface area contributed by atoms with E-state index in [4.69, 9.17) is 0 Å². The van der Waals surface area contributed by atoms with Crippen LogP contribution in [-0.4, -0.2) is 22.9 Å². The number of nitrogens with zero attached hydrogens (tertiary/aromatic N) is 1. The van der Waals surface area contributed by atoms with Crippen LogP contribution in [0.3, 0.4) is 0 Å². The molecule has 2 nitrogen and oxygen atoms in total. The number of fused-ring (bicyclic) bond motifs is 1. The summed E-state index contributed by atoms with van der Waals surface area (Å²) in [6, 6.07) is 10.8. The molecule has 0 N–H and O–H groups in total. The number of hydrogen-bond donors (Lipinski definition) is 0. The highest BCUT2D eigenvalue weighted by atomic mass is 16.2. The minimum absolute atomic E-state index is 0.234. The zero-order valence-corrected chi connectivity index (χ0v) is 9.43. The first-order chi connectivity index (χ1) is 7.88. The first-order valence-corrected chi connectivity index (χ1v) is 6.25. The van der Waals surface area contributed by atoms with E-state index in [0.29, 0.717) is 12.1 Å². The Morgan fingerprint density at radius 3 is 2.25 bits per heavy atom. The number of rotatable bonds is 1. The quantitative estimate of drug-likeness (QED) is 0.659. The maximum absolute atomic E-state index is 12.2. The fourth-order valence-corrected chi connectivity index (χ4v) is 2.91. The van der Waals surface area contributed by atoms with Crippen LogP contribution >= 0.6 is 0 Å². The molecule has 2 atom stereocenters. The van der Waals surface area contributed by atoms with Crippen LogP contribution in [0.2, 0.25) is 0 Å². The maximum atomic E-state index is 12.2. The van der Waals surface area contributed by atoms with E-state index >= 15 is 0 Å². The van der Waals surface area contributed by atoms with E-state index in [0.717, 1.165) is 5.56 Å². The van der Waals surface area contributed by atoms with Gasteiger partial charge in [0.15, 0.2) is 0 Å². The summed E-state index contributed by atoms with van der Waals surface area (Å²) in [5.41, 5.74) is 0.843. The van der Waals surface area contributed by atoms with Gasteiger partial charge in [-0.05, 0) is 25.0 Å². The lowest BCUT2D eigenvalue weighted by molar-refractivity contribution is 0.0860. The Kier molecular flexibility index (Phi) is 2.43. The second kappa shape index (κ2) is 3.93. The Labute approximate surface area is 96.3 Å². The highest BCUT2D eigenvalue weighted by Crippen LogP contribution is 2.40. The molecule has 84 valence electrons. The number of amides is 1. The topological polar surface area (TPSA) is 20.1 Å². The summed E-state index contributed by atoms with van der Waals surface area (Å²) in [4.78, 5) is 14.3. The molecule has 1 saturated heterocycles. The van der Waals surface area contributed by atoms with Gasteiger partial charge in [-0.15, -0.1) is 0 Å². The van der Waals surface area contributed by atoms with Gasteiger partial charge >= 0.3 is 0 Å². The molecule has 3 rings (SSSR count). The minimum Gasteiger partial charge on any atom is -0.329 e. The van der Waals surface area contributed by atoms with E-state index in [1.165, 1.54) is 32.1 Å². The summed E-state index contributed by atoms with van der Waals surface area (Å²) in [6.07, 6.45) is 6.35. The van der Waals surface area contributed by atoms with Crippen LogP contribution in [0.5, 0.6) is 0 Å². The summed E-state index contributed by atoms with van der Waals surface area (Å²) in [7, 11) is 0. The maximum Gasteiger partial charge on any atom is 0.254 e. The molecule has 1 aromatic carbocycles. The van der Waals surface area contributed by atoms with Gasteiger partial charge in [0.25, 0.3) is 5.91 Å². The number of carbonyl (C=O) groups is 1. The second-order valence-corrected chi connectivity index (χ2v) is 4.85. The lowest BCUT2D eigenvalue weighted by atomic mass is 10.2. The number of benzene rings is 1. The largest absolute Gasteiger partial charge is 0.329 e. The Morgan fingerprint density at radius 2 is 1.62 bits per heavy atom. The van der Waals surface area contributed by atoms with Crippen molar-refractivity contribution in [2.45, 2.75) is 44.2 Å². The van der Waals surface area contributed by atoms with Crippen LogP contribution in [0, 0.1) is 0 Å². The van der Waals surface area contributed by atoms with Crippen molar-refractivity contribution in [3.8, 4) is 0 Å². The third-order valence-electron chi connectivity index (χ3n) is 3.82. The van der Waals surface area contributed by atoms with E-state index < -0.39 is 0 Å². The van der Waals surface area contributed by atoms with Crippen molar-refractivity contribution in [1.82, 2.24) is 4.90 Å². The van der Waals surface area contributed by atoms with Crippen LogP contribution in [0.15, 0.2) is 30.3 Å². The first kappa shape index (κ1) is 9.88. The highest BCUT2D eigenvalue weighted by Gasteiger charge is 2.50. The molecule has 1 saturated carbocycles. The van der Waals surface area contributed by atoms with Crippen LogP contribution in [0.25, 0.3) is 0 Å². The fourth-order valence-electron chi connectivity index (χ4n) is 2.91. The van der Waals surface area contributed by atoms with Gasteiger partial charge in [0.1, 0.15) is 0 Å². The van der Waals surface area contributed by atoms with Gasteiger partial charge in [-0.3, -0.25) is 4.79 Å². The molecular formula is C14H17NO. The molecule has 16 heavy (non-hydrogen) atoms. The van der Waals surface area contributed by atoms with Gasteiger partial charge in [-0.25, -0.2) is 0 Å². The van der Waals surface area contributed by atoms with Crippen molar-refractivity contribution in [3.63, 3.8) is 0 Å². The molecule has 2 heteroatoms. The first-order valence-electron chi connectivity index (χ1n) is 6.25. The van der Waals surface area contributed by atoms with Crippen molar-refractivity contribution < 1.29 is 4.79 Å². The number of likely N-dealkylation sites (tertiary alicyclic amines) is 1. The smallest absolute Gasteiger partial charge is 0.254 e. The Bertz CT molecular complexity index is 375. The van der Waals surface area contributed by atoms with Crippen molar-refractivity contribution in [3.05, 3.63) is 35.9 Å². The van der Waals surface area contributed by atoms with Crippen LogP contribution in [-0.2, 0) is 0 Å². The van der Waals surface area contributed by atoms with E-state index in [1.807, 2.05) is 30.3 Å². The van der Waals surface area contributed by atoms with Crippen molar-refractivity contribution in [1.29, 1.82) is 0 Å². The zero-order chi connectivity index (χ0) is 11.0. The minimum atomic E-state index is 0.234. The van der Waals surface area contributed by atoms with E-state index in [2.05, 4.69) is 4.90 Å². The average Bonchev–Trinajstić information content (AvgIpc) is 3.04. The zero-order valence-electron chi connectivity index (χ0n) is 9.43. The SMILES string of the molecule is O=C(c1ccccc1)N1[C@@H]2CCCCC[C@@H]21. The van der Waals surface area contributed by atoms with Gasteiger partial charge in [0, 0.05) is 5.56 Å². The van der Waals surface area contributed by atoms with Gasteiger partial charge < -0.3 is 4.90 Å². The molecule has 0 radical (unpaired) electrons. The molecule has 1 amide bonds. The fraction of sp³-hybridized carbons (Fsp3) is 0.500. The van der Waals surface area contributed by atoms with Crippen LogP contribution in [0.4, 0.5) is 0 Å². The van der Waals surface area contributed by atoms with E-state index in [-0.39, 0.29) is 5.91 Å². The molecule has 1 aromatic rings. The van der Waals surface area contributed by atoms with Gasteiger partial charge in [0.05, 0.1) is 12.1 Å². The molecular weight excluding hydrogens is 198 g/mol. The molecule has 2 aliphatic rings. The normalized spacial score (nSPS) is 28.1. The Hall–Kier alpha value is -1.31. The molecule has 0 unspecified atom stereocenters. The molecule has 0 aromatic heterocycles. The summed E-state index contributed by atoms with van der Waals surface area (Å²) >= 11 is 0. The van der Waals surface area contributed by atoms with Gasteiger partial charge in [-0.1, -0.05) is 37.5 Å². The van der Waals surface area contributed by atoms with Crippen LogP contribution in [0.1, 0.15) is 42.5 Å². The second-order valence-electron chi connectivity index (χ2n) is 4.85. The number of carbonyl (C=O) groups excluding carboxylic acids is 1. The van der Waals surface area contributed by atoms with Crippen LogP contribution < -0.4 is 0 Å². The molecule has 1 aliphatic heterocycles. The summed E-state index contributed by atoms with van der Waals surface area (Å²) < 4.78 is 0. The average molecular weight is 215 g/mol. The predicted molar refractivity (Wildman–Crippen MR) is 63.3 cm³/mol. The highest BCUT2D eigenvalue weighted by molar-refractivity contribution is 5.96. The molecule has 2 fully saturated rings. The Morgan fingerprint density at radius 1 is 1.00 bits per heavy atom. The third-order valence-corrected chi connectivity index (χ3v) is 3.82. The summed E-state index contributed by atoms with van der Waals surface area (Å²) in [5.74, 6) is 0.234. The Balaban J connectivity index is 1.74. The van der Waals surface area contributed by atoms with Gasteiger partial charge in [0.2, 0.25) is 0 Å². The third kappa shape index (κ3) is 1.62. The van der Waals surface area contributed by atoms with E-state index in [1.54, 1.807) is 0 Å². The summed E-state index contributed by atoms with van der Waals surface area (Å²) in [5, 5.41) is 0. The van der Waals surface area contributed by atoms with Crippen molar-refractivity contribution in [2.24, 2.45) is 0 Å². The van der Waals surface area contributed by atoms with Gasteiger partial charge in [-0.2, -0.15) is 0 Å². The lowest BCUT2D eigenvalue weighted by Crippen LogP contribution is -2.15. The molecule has 0 spiro atoms. The molecule has 0 bridgehead atoms. The predicted octanol–water partition coefficient (Wildman–Crippen LogP) is 2.84. The summed E-state index contributed by atoms with van der Waals surface area (Å²) in [6.45, 7) is 0. The lowest BCUT2D eigenvalue weighted by Gasteiger charge is -2.06. The molecule has 1 aliphatic carbocycles. The van der Waals surface area contributed by atoms with Crippen molar-refractivity contribution in [2.75, 3.05) is 0 Å². The number of hydrogen-bond acceptors (Lipinski definition) is 1. The van der Waals surface area contributed by atoms with E-state index in [9.17, 15) is 4.79 Å². The van der Waals surface area contributed by atoms with Crippen molar-refractivity contribution >= 4 is 5.91 Å². The molecule has 1 heterocycles. The monoisotopic (exact) mass is 215 g/mol. The standard InChI is InChI=1S/C14H17NO/c16-14(11-7-3-1-4-8-11)15-12-9-5-2-6-10-13(12)15/h1,3-4,7-8,12-13H,2,5-6,9-10H2/t12-,13+,15?.